The van der Waals surface area contributed by atoms with E-state index >= 15 is 0 Å². The van der Waals surface area contributed by atoms with E-state index in [9.17, 15) is 19.5 Å². The molecule has 2 aliphatic rings. The van der Waals surface area contributed by atoms with Gasteiger partial charge in [-0.15, -0.1) is 0 Å². The summed E-state index contributed by atoms with van der Waals surface area (Å²) < 4.78 is 0. The monoisotopic (exact) mass is 714 g/mol. The minimum Gasteiger partial charge on any atom is -0.384 e. The Balaban J connectivity index is 1.03. The SMILES string of the molecule is CN(C)CCCNc1ccc2c3c(cccc13)C(=O)N(CCSSCCN1C(=O)c3cccc4c(NCCCN(C)C)ccc(c34)C1O)C2=O. The van der Waals surface area contributed by atoms with Crippen molar-refractivity contribution in [2.45, 2.75) is 19.1 Å². The smallest absolute Gasteiger partial charge is 0.261 e. The van der Waals surface area contributed by atoms with Crippen molar-refractivity contribution < 1.29 is 19.5 Å². The van der Waals surface area contributed by atoms with Crippen LogP contribution in [0.2, 0.25) is 0 Å². The Labute approximate surface area is 301 Å². The third-order valence-electron chi connectivity index (χ3n) is 9.22. The van der Waals surface area contributed by atoms with Crippen molar-refractivity contribution in [2.24, 2.45) is 0 Å². The van der Waals surface area contributed by atoms with Gasteiger partial charge in [0.2, 0.25) is 0 Å². The van der Waals surface area contributed by atoms with Crippen LogP contribution in [-0.2, 0) is 0 Å². The molecule has 0 radical (unpaired) electrons. The Morgan fingerprint density at radius 2 is 1.18 bits per heavy atom. The second-order valence-electron chi connectivity index (χ2n) is 13.3. The molecule has 2 aliphatic heterocycles. The molecule has 10 nitrogen and oxygen atoms in total. The molecule has 1 unspecified atom stereocenters. The van der Waals surface area contributed by atoms with Crippen LogP contribution in [0.3, 0.4) is 0 Å². The highest BCUT2D eigenvalue weighted by Crippen LogP contribution is 2.39. The molecule has 264 valence electrons. The second-order valence-corrected chi connectivity index (χ2v) is 16.0. The molecule has 50 heavy (non-hydrogen) atoms. The predicted octanol–water partition coefficient (Wildman–Crippen LogP) is 5.84. The Hall–Kier alpha value is -3.81. The second kappa shape index (κ2) is 16.0. The summed E-state index contributed by atoms with van der Waals surface area (Å²) in [5.74, 6) is 0.395. The third kappa shape index (κ3) is 7.45. The fourth-order valence-electron chi connectivity index (χ4n) is 6.76. The van der Waals surface area contributed by atoms with Gasteiger partial charge in [0.05, 0.1) is 0 Å². The van der Waals surface area contributed by atoms with Gasteiger partial charge in [0.15, 0.2) is 6.23 Å². The van der Waals surface area contributed by atoms with Crippen LogP contribution in [0.4, 0.5) is 11.4 Å². The van der Waals surface area contributed by atoms with Crippen LogP contribution in [0.1, 0.15) is 55.7 Å². The lowest BCUT2D eigenvalue weighted by Crippen LogP contribution is -2.41. The zero-order valence-electron chi connectivity index (χ0n) is 29.2. The topological polar surface area (TPSA) is 108 Å². The van der Waals surface area contributed by atoms with Crippen molar-refractivity contribution >= 4 is 72.2 Å². The van der Waals surface area contributed by atoms with E-state index in [4.69, 9.17) is 0 Å². The molecule has 0 saturated carbocycles. The predicted molar refractivity (Wildman–Crippen MR) is 207 cm³/mol. The number of amides is 3. The molecule has 0 aromatic heterocycles. The number of aliphatic hydroxyl groups is 1. The molecule has 4 aromatic carbocycles. The molecule has 3 N–H and O–H groups in total. The fourth-order valence-corrected chi connectivity index (χ4v) is 8.68. The maximum atomic E-state index is 13.6. The molecule has 4 aromatic rings. The van der Waals surface area contributed by atoms with Crippen LogP contribution in [0.25, 0.3) is 21.5 Å². The van der Waals surface area contributed by atoms with Gasteiger partial charge in [-0.3, -0.25) is 19.3 Å². The molecule has 0 bridgehead atoms. The minimum atomic E-state index is -1.03. The van der Waals surface area contributed by atoms with Crippen LogP contribution in [0.15, 0.2) is 60.7 Å². The number of rotatable bonds is 17. The fraction of sp³-hybridized carbons (Fsp3) is 0.395. The first-order valence-corrected chi connectivity index (χ1v) is 19.6. The number of imide groups is 1. The molecule has 1 atom stereocenters. The molecule has 6 rings (SSSR count). The average molecular weight is 715 g/mol. The normalized spacial score (nSPS) is 15.7. The van der Waals surface area contributed by atoms with Crippen LogP contribution in [-0.4, -0.2) is 121 Å². The Morgan fingerprint density at radius 1 is 0.660 bits per heavy atom. The highest BCUT2D eigenvalue weighted by molar-refractivity contribution is 8.76. The highest BCUT2D eigenvalue weighted by atomic mass is 33.1. The van der Waals surface area contributed by atoms with Crippen molar-refractivity contribution in [3.05, 3.63) is 82.9 Å². The first-order chi connectivity index (χ1) is 24.2. The van der Waals surface area contributed by atoms with Crippen LogP contribution < -0.4 is 10.6 Å². The van der Waals surface area contributed by atoms with Gasteiger partial charge in [0.1, 0.15) is 0 Å². The zero-order valence-corrected chi connectivity index (χ0v) is 30.8. The largest absolute Gasteiger partial charge is 0.384 e. The van der Waals surface area contributed by atoms with Crippen molar-refractivity contribution in [3.8, 4) is 0 Å². The quantitative estimate of drug-likeness (QED) is 0.0701. The van der Waals surface area contributed by atoms with E-state index in [1.54, 1.807) is 27.7 Å². The Bertz CT molecular complexity index is 1880. The highest BCUT2D eigenvalue weighted by Gasteiger charge is 2.34. The summed E-state index contributed by atoms with van der Waals surface area (Å²) >= 11 is 0. The maximum Gasteiger partial charge on any atom is 0.261 e. The maximum absolute atomic E-state index is 13.6. The lowest BCUT2D eigenvalue weighted by Gasteiger charge is -2.34. The summed E-state index contributed by atoms with van der Waals surface area (Å²) in [6.07, 6.45) is 0.938. The first kappa shape index (κ1) is 36.0. The van der Waals surface area contributed by atoms with Crippen molar-refractivity contribution in [2.75, 3.05) is 89.6 Å². The minimum absolute atomic E-state index is 0.185. The van der Waals surface area contributed by atoms with E-state index in [-0.39, 0.29) is 24.3 Å². The summed E-state index contributed by atoms with van der Waals surface area (Å²) in [4.78, 5) is 47.8. The van der Waals surface area contributed by atoms with Gasteiger partial charge in [-0.1, -0.05) is 51.9 Å². The Morgan fingerprint density at radius 3 is 1.78 bits per heavy atom. The van der Waals surface area contributed by atoms with Gasteiger partial charge in [-0.25, -0.2) is 0 Å². The molecule has 0 saturated heterocycles. The number of anilines is 2. The molecule has 2 heterocycles. The van der Waals surface area contributed by atoms with E-state index in [0.717, 1.165) is 72.1 Å². The summed E-state index contributed by atoms with van der Waals surface area (Å²) in [5, 5.41) is 21.6. The molecule has 0 fully saturated rings. The first-order valence-electron chi connectivity index (χ1n) is 17.2. The number of hydrogen-bond acceptors (Lipinski definition) is 10. The summed E-state index contributed by atoms with van der Waals surface area (Å²) in [6, 6.07) is 19.0. The average Bonchev–Trinajstić information content (AvgIpc) is 3.10. The number of carbonyl (C=O) groups is 3. The van der Waals surface area contributed by atoms with Crippen LogP contribution >= 0.6 is 21.6 Å². The summed E-state index contributed by atoms with van der Waals surface area (Å²) in [7, 11) is 11.3. The third-order valence-corrected chi connectivity index (χ3v) is 11.6. The van der Waals surface area contributed by atoms with E-state index in [2.05, 4.69) is 34.5 Å². The zero-order chi connectivity index (χ0) is 35.4. The van der Waals surface area contributed by atoms with Crippen LogP contribution in [0.5, 0.6) is 0 Å². The number of nitrogens with zero attached hydrogens (tertiary/aromatic N) is 4. The molecule has 12 heteroatoms. The van der Waals surface area contributed by atoms with Crippen molar-refractivity contribution in [1.82, 2.24) is 19.6 Å². The molecular formula is C38H46N6O4S2. The summed E-state index contributed by atoms with van der Waals surface area (Å²) in [5.41, 5.74) is 4.32. The molecule has 0 aliphatic carbocycles. The van der Waals surface area contributed by atoms with Crippen molar-refractivity contribution in [1.29, 1.82) is 0 Å². The number of carbonyl (C=O) groups excluding carboxylic acids is 3. The van der Waals surface area contributed by atoms with Gasteiger partial charge in [-0.2, -0.15) is 0 Å². The number of hydrogen-bond donors (Lipinski definition) is 3. The van der Waals surface area contributed by atoms with E-state index < -0.39 is 6.23 Å². The Kier molecular flexibility index (Phi) is 11.5. The van der Waals surface area contributed by atoms with Gasteiger partial charge in [-0.05, 0) is 84.5 Å². The number of benzene rings is 4. The van der Waals surface area contributed by atoms with Crippen molar-refractivity contribution in [3.63, 3.8) is 0 Å². The van der Waals surface area contributed by atoms with E-state index in [1.165, 1.54) is 9.80 Å². The summed E-state index contributed by atoms with van der Waals surface area (Å²) in [6.45, 7) is 4.20. The lowest BCUT2D eigenvalue weighted by molar-refractivity contribution is 0.00795. The van der Waals surface area contributed by atoms with E-state index in [1.807, 2.05) is 68.7 Å². The lowest BCUT2D eigenvalue weighted by atomic mass is 9.92. The van der Waals surface area contributed by atoms with Crippen LogP contribution in [0, 0.1) is 0 Å². The number of nitrogens with one attached hydrogen (secondary N) is 2. The van der Waals surface area contributed by atoms with Gasteiger partial charge >= 0.3 is 0 Å². The standard InChI is InChI=1S/C38H46N6O4S2/c1-41(2)19-7-17-39-31-15-13-29-33-25(31)9-5-11-27(33)35(45)43(37(29)47)21-23-49-50-24-22-44-36(46)28-12-6-10-26-32(40-18-8-20-42(3)4)16-14-30(34(26)28)38(44)48/h5-6,9-16,37,39-40,47H,7-8,17-24H2,1-4H3. The van der Waals surface area contributed by atoms with Gasteiger partial charge in [0, 0.05) is 92.9 Å². The number of aliphatic hydroxyl groups excluding tert-OH is 1. The molecular weight excluding hydrogens is 669 g/mol. The molecule has 0 spiro atoms. The van der Waals surface area contributed by atoms with Gasteiger partial charge < -0.3 is 30.4 Å². The van der Waals surface area contributed by atoms with Gasteiger partial charge in [0.25, 0.3) is 17.7 Å². The molecule has 3 amide bonds. The van der Waals surface area contributed by atoms with E-state index in [0.29, 0.717) is 40.1 Å².